The fraction of sp³-hybridized carbons (Fsp3) is 0.400. The van der Waals surface area contributed by atoms with Crippen molar-refractivity contribution < 1.29 is 28.9 Å². The van der Waals surface area contributed by atoms with Gasteiger partial charge in [-0.2, -0.15) is 0 Å². The first-order valence-electron chi connectivity index (χ1n) is 12.6. The summed E-state index contributed by atoms with van der Waals surface area (Å²) in [6, 6.07) is 8.58. The van der Waals surface area contributed by atoms with Crippen LogP contribution < -0.4 is 4.74 Å². The minimum atomic E-state index is -0.630. The number of carbonyl (C=O) groups is 1. The summed E-state index contributed by atoms with van der Waals surface area (Å²) in [5.41, 5.74) is 2.95. The molecule has 6 nitrogen and oxygen atoms in total. The molecule has 2 aromatic rings. The zero-order chi connectivity index (χ0) is 27.6. The second-order valence-corrected chi connectivity index (χ2v) is 7.93. The molecular weight excluding hydrogens is 473 g/mol. The Morgan fingerprint density at radius 2 is 2.00 bits per heavy atom. The summed E-state index contributed by atoms with van der Waals surface area (Å²) in [4.78, 5) is 14.2. The Morgan fingerprint density at radius 1 is 1.27 bits per heavy atom. The molecule has 0 aliphatic heterocycles. The number of aliphatic hydroxyl groups is 1. The zero-order valence-electron chi connectivity index (χ0n) is 22.2. The Labute approximate surface area is 219 Å². The molecule has 1 aromatic heterocycles. The van der Waals surface area contributed by atoms with Crippen molar-refractivity contribution in [1.29, 1.82) is 0 Å². The van der Waals surface area contributed by atoms with Crippen molar-refractivity contribution in [3.63, 3.8) is 0 Å². The van der Waals surface area contributed by atoms with Crippen molar-refractivity contribution in [2.45, 2.75) is 60.0 Å². The summed E-state index contributed by atoms with van der Waals surface area (Å²) in [6.45, 7) is 8.43. The van der Waals surface area contributed by atoms with Gasteiger partial charge in [-0.1, -0.05) is 32.8 Å². The smallest absolute Gasteiger partial charge is 0.306 e. The van der Waals surface area contributed by atoms with Crippen molar-refractivity contribution >= 4 is 5.97 Å². The van der Waals surface area contributed by atoms with E-state index in [9.17, 15) is 9.18 Å². The first kappa shape index (κ1) is 31.4. The summed E-state index contributed by atoms with van der Waals surface area (Å²) < 4.78 is 25.5. The third-order valence-corrected chi connectivity index (χ3v) is 5.04. The average molecular weight is 512 g/mol. The predicted octanol–water partition coefficient (Wildman–Crippen LogP) is 6.46. The maximum absolute atomic E-state index is 14.3. The summed E-state index contributed by atoms with van der Waals surface area (Å²) in [7, 11) is 0. The number of rotatable bonds is 11. The van der Waals surface area contributed by atoms with Gasteiger partial charge in [-0.15, -0.1) is 6.42 Å². The molecular formula is C30H38FNO5. The molecule has 37 heavy (non-hydrogen) atoms. The van der Waals surface area contributed by atoms with Crippen LogP contribution in [0.2, 0.25) is 0 Å². The third kappa shape index (κ3) is 11.8. The number of benzene rings is 1. The number of pyridine rings is 1. The highest BCUT2D eigenvalue weighted by molar-refractivity contribution is 5.72. The van der Waals surface area contributed by atoms with Gasteiger partial charge in [0.1, 0.15) is 18.2 Å². The largest absolute Gasteiger partial charge is 0.489 e. The Morgan fingerprint density at radius 3 is 2.54 bits per heavy atom. The monoisotopic (exact) mass is 511 g/mol. The number of hydrogen-bond donors (Lipinski definition) is 2. The number of carboxylic acids is 1. The Kier molecular flexibility index (Phi) is 15.1. The molecule has 1 fully saturated rings. The van der Waals surface area contributed by atoms with Crippen molar-refractivity contribution in [1.82, 2.24) is 4.98 Å². The predicted molar refractivity (Wildman–Crippen MR) is 144 cm³/mol. The number of terminal acetylenes is 1. The van der Waals surface area contributed by atoms with Crippen LogP contribution in [0.4, 0.5) is 4.39 Å². The molecule has 1 aliphatic carbocycles. The summed E-state index contributed by atoms with van der Waals surface area (Å²) in [5.74, 6) is 2.58. The van der Waals surface area contributed by atoms with Crippen LogP contribution in [0.15, 0.2) is 54.3 Å². The van der Waals surface area contributed by atoms with Crippen molar-refractivity contribution in [3.05, 3.63) is 71.4 Å². The van der Waals surface area contributed by atoms with E-state index in [1.165, 1.54) is 6.07 Å². The number of allylic oxidation sites excluding steroid dienone is 3. The number of halogens is 1. The average Bonchev–Trinajstić information content (AvgIpc) is 3.75. The summed E-state index contributed by atoms with van der Waals surface area (Å²) in [6.07, 6.45) is 13.5. The van der Waals surface area contributed by atoms with Crippen molar-refractivity contribution in [3.8, 4) is 29.4 Å². The fourth-order valence-corrected chi connectivity index (χ4v) is 3.02. The van der Waals surface area contributed by atoms with Gasteiger partial charge in [0.2, 0.25) is 5.88 Å². The van der Waals surface area contributed by atoms with Crippen LogP contribution in [-0.2, 0) is 16.1 Å². The number of aliphatic hydroxyl groups excluding tert-OH is 1. The van der Waals surface area contributed by atoms with E-state index in [1.807, 2.05) is 39.8 Å². The molecule has 0 saturated heterocycles. The van der Waals surface area contributed by atoms with Crippen LogP contribution in [0.25, 0.3) is 11.1 Å². The molecule has 0 radical (unpaired) electrons. The molecule has 200 valence electrons. The lowest BCUT2D eigenvalue weighted by Gasteiger charge is -2.12. The second kappa shape index (κ2) is 17.7. The third-order valence-electron chi connectivity index (χ3n) is 5.04. The van der Waals surface area contributed by atoms with Gasteiger partial charge in [0.25, 0.3) is 0 Å². The molecule has 0 unspecified atom stereocenters. The van der Waals surface area contributed by atoms with Gasteiger partial charge in [-0.05, 0) is 68.2 Å². The molecule has 0 bridgehead atoms. The van der Waals surface area contributed by atoms with Crippen LogP contribution in [-0.4, -0.2) is 34.4 Å². The lowest BCUT2D eigenvalue weighted by atomic mass is 10.0. The quantitative estimate of drug-likeness (QED) is 0.156. The summed E-state index contributed by atoms with van der Waals surface area (Å²) in [5, 5.41) is 16.9. The fourth-order valence-electron chi connectivity index (χ4n) is 3.02. The molecule has 1 aromatic carbocycles. The number of aryl methyl sites for hydroxylation is 1. The van der Waals surface area contributed by atoms with E-state index in [0.717, 1.165) is 36.1 Å². The van der Waals surface area contributed by atoms with E-state index in [4.69, 9.17) is 26.1 Å². The van der Waals surface area contributed by atoms with Gasteiger partial charge in [-0.3, -0.25) is 4.79 Å². The number of hydrogen-bond acceptors (Lipinski definition) is 5. The van der Waals surface area contributed by atoms with Gasteiger partial charge in [0, 0.05) is 35.9 Å². The normalized spacial score (nSPS) is 12.5. The lowest BCUT2D eigenvalue weighted by molar-refractivity contribution is -0.138. The minimum absolute atomic E-state index is 0.0185. The molecule has 0 amide bonds. The van der Waals surface area contributed by atoms with E-state index in [1.54, 1.807) is 30.4 Å². The van der Waals surface area contributed by atoms with Gasteiger partial charge >= 0.3 is 5.97 Å². The van der Waals surface area contributed by atoms with E-state index in [0.29, 0.717) is 30.2 Å². The number of aromatic nitrogens is 1. The van der Waals surface area contributed by atoms with Crippen LogP contribution in [0.1, 0.15) is 57.7 Å². The Hall–Kier alpha value is -3.63. The van der Waals surface area contributed by atoms with Crippen molar-refractivity contribution in [2.24, 2.45) is 5.92 Å². The van der Waals surface area contributed by atoms with Gasteiger partial charge in [0.05, 0.1) is 12.5 Å². The number of ether oxygens (including phenoxy) is 2. The van der Waals surface area contributed by atoms with Gasteiger partial charge in [-0.25, -0.2) is 9.37 Å². The van der Waals surface area contributed by atoms with Crippen molar-refractivity contribution in [2.75, 3.05) is 13.2 Å². The second-order valence-electron chi connectivity index (χ2n) is 7.93. The van der Waals surface area contributed by atoms with Gasteiger partial charge < -0.3 is 19.7 Å². The van der Waals surface area contributed by atoms with E-state index >= 15 is 0 Å². The number of aliphatic carboxylic acids is 1. The molecule has 7 heteroatoms. The van der Waals surface area contributed by atoms with E-state index in [2.05, 4.69) is 10.9 Å². The molecule has 0 atom stereocenters. The van der Waals surface area contributed by atoms with Crippen LogP contribution in [0.3, 0.4) is 0 Å². The van der Waals surface area contributed by atoms with Gasteiger partial charge in [0.15, 0.2) is 0 Å². The first-order chi connectivity index (χ1) is 17.9. The maximum Gasteiger partial charge on any atom is 0.306 e. The minimum Gasteiger partial charge on any atom is -0.489 e. The molecule has 2 N–H and O–H groups in total. The zero-order valence-corrected chi connectivity index (χ0v) is 22.2. The summed E-state index contributed by atoms with van der Waals surface area (Å²) >= 11 is 0. The highest BCUT2D eigenvalue weighted by Gasteiger charge is 2.28. The highest BCUT2D eigenvalue weighted by atomic mass is 19.1. The van der Waals surface area contributed by atoms with E-state index < -0.39 is 5.97 Å². The first-order valence-corrected chi connectivity index (χ1v) is 12.6. The van der Waals surface area contributed by atoms with Crippen LogP contribution in [0, 0.1) is 31.0 Å². The van der Waals surface area contributed by atoms with Crippen LogP contribution >= 0.6 is 0 Å². The number of carboxylic acid groups (broad SMARTS) is 1. The molecule has 3 rings (SSSR count). The molecule has 1 saturated carbocycles. The molecule has 0 spiro atoms. The molecule has 1 heterocycles. The number of nitrogens with zero attached hydrogens (tertiary/aromatic N) is 1. The Balaban J connectivity index is 0.000000735. The molecule has 1 aliphatic rings. The maximum atomic E-state index is 14.3. The van der Waals surface area contributed by atoms with E-state index in [-0.39, 0.29) is 24.9 Å². The standard InChI is InChI=1S/C24H26FNO3.C4H6O2.C2H6/c1-4-6-9-21(8-5-2)29-17-20-16-19(10-12-23(20)25)22-11-13-24(26-18(22)3)28-15-7-14-27;5-4(6)3-1-2-3;1-2/h1,6,8-13,16,27H,5,7,14-15,17H2,2-3H3;3H,1-2H2,(H,5,6);1-2H3/b9-6-,21-8+;;. The van der Waals surface area contributed by atoms with Crippen LogP contribution in [0.5, 0.6) is 5.88 Å². The topological polar surface area (TPSA) is 88.9 Å². The lowest BCUT2D eigenvalue weighted by Crippen LogP contribution is -2.02. The Bertz CT molecular complexity index is 1080. The SMILES string of the molecule is C#C/C=C\C(=C/CC)OCc1cc(-c2ccc(OCCCO)nc2C)ccc1F.CC.O=C(O)C1CC1. The highest BCUT2D eigenvalue weighted by Crippen LogP contribution is 2.28.